The van der Waals surface area contributed by atoms with E-state index in [9.17, 15) is 9.59 Å². The smallest absolute Gasteiger partial charge is 0.261 e. The molecule has 1 atom stereocenters. The molecule has 2 amide bonds. The lowest BCUT2D eigenvalue weighted by molar-refractivity contribution is -0.141. The van der Waals surface area contributed by atoms with Crippen molar-refractivity contribution in [3.8, 4) is 5.75 Å². The van der Waals surface area contributed by atoms with Crippen molar-refractivity contribution in [2.75, 3.05) is 20.2 Å². The minimum absolute atomic E-state index is 0.156. The molecule has 0 heterocycles. The highest BCUT2D eigenvalue weighted by Crippen LogP contribution is 2.17. The maximum atomic E-state index is 12.7. The van der Waals surface area contributed by atoms with Crippen LogP contribution in [-0.4, -0.2) is 43.0 Å². The maximum absolute atomic E-state index is 12.7. The van der Waals surface area contributed by atoms with Gasteiger partial charge in [0.1, 0.15) is 11.8 Å². The molecule has 0 bridgehead atoms. The van der Waals surface area contributed by atoms with E-state index in [4.69, 9.17) is 16.3 Å². The number of hydrogen-bond acceptors (Lipinski definition) is 3. The zero-order chi connectivity index (χ0) is 18.9. The van der Waals surface area contributed by atoms with Gasteiger partial charge in [-0.3, -0.25) is 9.59 Å². The summed E-state index contributed by atoms with van der Waals surface area (Å²) in [5, 5.41) is 3.13. The van der Waals surface area contributed by atoms with Gasteiger partial charge in [-0.15, -0.1) is 0 Å². The Kier molecular flexibility index (Phi) is 7.48. The molecule has 0 saturated carbocycles. The third-order valence-electron chi connectivity index (χ3n) is 4.06. The first kappa shape index (κ1) is 19.8. The van der Waals surface area contributed by atoms with Gasteiger partial charge in [0.25, 0.3) is 5.91 Å². The van der Waals surface area contributed by atoms with E-state index in [0.29, 0.717) is 23.7 Å². The highest BCUT2D eigenvalue weighted by atomic mass is 35.5. The number of halogens is 1. The summed E-state index contributed by atoms with van der Waals surface area (Å²) in [7, 11) is 1.56. The minimum atomic E-state index is -0.584. The van der Waals surface area contributed by atoms with Crippen molar-refractivity contribution in [3.05, 3.63) is 65.2 Å². The van der Waals surface area contributed by atoms with Crippen LogP contribution >= 0.6 is 11.6 Å². The normalized spacial score (nSPS) is 11.5. The zero-order valence-electron chi connectivity index (χ0n) is 14.9. The van der Waals surface area contributed by atoms with Crippen molar-refractivity contribution in [2.24, 2.45) is 0 Å². The summed E-state index contributed by atoms with van der Waals surface area (Å²) >= 11 is 5.92. The molecule has 0 radical (unpaired) electrons. The Morgan fingerprint density at radius 3 is 2.54 bits per heavy atom. The van der Waals surface area contributed by atoms with E-state index in [1.807, 2.05) is 30.3 Å². The number of benzene rings is 2. The van der Waals surface area contributed by atoms with Crippen LogP contribution in [0.3, 0.4) is 0 Å². The first-order valence-corrected chi connectivity index (χ1v) is 8.82. The minimum Gasteiger partial charge on any atom is -0.484 e. The number of carbonyl (C=O) groups is 2. The largest absolute Gasteiger partial charge is 0.484 e. The Hall–Kier alpha value is -2.53. The molecular weight excluding hydrogens is 352 g/mol. The van der Waals surface area contributed by atoms with E-state index < -0.39 is 6.04 Å². The van der Waals surface area contributed by atoms with Crippen LogP contribution in [0.15, 0.2) is 54.6 Å². The second-order valence-corrected chi connectivity index (χ2v) is 6.30. The first-order valence-electron chi connectivity index (χ1n) is 8.44. The lowest BCUT2D eigenvalue weighted by Gasteiger charge is -2.28. The molecule has 2 rings (SSSR count). The Morgan fingerprint density at radius 2 is 1.88 bits per heavy atom. The SMILES string of the molecule is CNC(=O)C(C)N(CCc1ccccc1)C(=O)COc1cccc(Cl)c1. The number of ether oxygens (including phenoxy) is 1. The van der Waals surface area contributed by atoms with Crippen LogP contribution in [0.2, 0.25) is 5.02 Å². The zero-order valence-corrected chi connectivity index (χ0v) is 15.7. The topological polar surface area (TPSA) is 58.6 Å². The van der Waals surface area contributed by atoms with Gasteiger partial charge in [0, 0.05) is 18.6 Å². The lowest BCUT2D eigenvalue weighted by Crippen LogP contribution is -2.49. The number of hydrogen-bond donors (Lipinski definition) is 1. The van der Waals surface area contributed by atoms with Crippen LogP contribution in [0.5, 0.6) is 5.75 Å². The molecule has 1 unspecified atom stereocenters. The molecule has 6 heteroatoms. The van der Waals surface area contributed by atoms with Gasteiger partial charge < -0.3 is 15.0 Å². The van der Waals surface area contributed by atoms with Gasteiger partial charge >= 0.3 is 0 Å². The van der Waals surface area contributed by atoms with E-state index in [2.05, 4.69) is 5.32 Å². The molecule has 0 fully saturated rings. The van der Waals surface area contributed by atoms with Crippen LogP contribution in [0.25, 0.3) is 0 Å². The molecule has 5 nitrogen and oxygen atoms in total. The Morgan fingerprint density at radius 1 is 1.15 bits per heavy atom. The molecule has 0 aliphatic carbocycles. The fraction of sp³-hybridized carbons (Fsp3) is 0.300. The van der Waals surface area contributed by atoms with E-state index in [1.54, 1.807) is 38.2 Å². The summed E-state index contributed by atoms with van der Waals surface area (Å²) in [6, 6.07) is 16.1. The summed E-state index contributed by atoms with van der Waals surface area (Å²) in [6.07, 6.45) is 0.658. The van der Waals surface area contributed by atoms with Crippen LogP contribution < -0.4 is 10.1 Å². The Balaban J connectivity index is 2.03. The number of carbonyl (C=O) groups excluding carboxylic acids is 2. The summed E-state index contributed by atoms with van der Waals surface area (Å²) in [5.41, 5.74) is 1.10. The average molecular weight is 375 g/mol. The molecule has 0 aliphatic rings. The first-order chi connectivity index (χ1) is 12.5. The van der Waals surface area contributed by atoms with Gasteiger partial charge in [-0.1, -0.05) is 48.0 Å². The molecule has 2 aromatic rings. The third kappa shape index (κ3) is 5.77. The molecule has 1 N–H and O–H groups in total. The quantitative estimate of drug-likeness (QED) is 0.772. The summed E-state index contributed by atoms with van der Waals surface area (Å²) in [4.78, 5) is 26.2. The number of nitrogens with zero attached hydrogens (tertiary/aromatic N) is 1. The standard InChI is InChI=1S/C20H23ClN2O3/c1-15(20(25)22-2)23(12-11-16-7-4-3-5-8-16)19(24)14-26-18-10-6-9-17(21)13-18/h3-10,13,15H,11-12,14H2,1-2H3,(H,22,25). The molecule has 138 valence electrons. The number of rotatable bonds is 8. The Bertz CT molecular complexity index is 737. The van der Waals surface area contributed by atoms with Crippen molar-refractivity contribution >= 4 is 23.4 Å². The van der Waals surface area contributed by atoms with Crippen molar-refractivity contribution in [3.63, 3.8) is 0 Å². The van der Waals surface area contributed by atoms with Crippen molar-refractivity contribution in [1.82, 2.24) is 10.2 Å². The van der Waals surface area contributed by atoms with E-state index >= 15 is 0 Å². The van der Waals surface area contributed by atoms with Crippen LogP contribution in [-0.2, 0) is 16.0 Å². The van der Waals surface area contributed by atoms with Gasteiger partial charge in [0.2, 0.25) is 5.91 Å². The van der Waals surface area contributed by atoms with Gasteiger partial charge in [-0.25, -0.2) is 0 Å². The average Bonchev–Trinajstić information content (AvgIpc) is 2.66. The summed E-state index contributed by atoms with van der Waals surface area (Å²) < 4.78 is 5.54. The van der Waals surface area contributed by atoms with Crippen LogP contribution in [0.1, 0.15) is 12.5 Å². The molecule has 0 aromatic heterocycles. The predicted octanol–water partition coefficient (Wildman–Crippen LogP) is 2.92. The molecule has 2 aromatic carbocycles. The van der Waals surface area contributed by atoms with E-state index in [0.717, 1.165) is 5.56 Å². The van der Waals surface area contributed by atoms with Gasteiger partial charge in [-0.05, 0) is 37.1 Å². The number of likely N-dealkylation sites (N-methyl/N-ethyl adjacent to an activating group) is 1. The van der Waals surface area contributed by atoms with E-state index in [1.165, 1.54) is 4.90 Å². The molecule has 0 spiro atoms. The molecular formula is C20H23ClN2O3. The molecule has 26 heavy (non-hydrogen) atoms. The fourth-order valence-corrected chi connectivity index (χ4v) is 2.74. The van der Waals surface area contributed by atoms with Crippen molar-refractivity contribution in [1.29, 1.82) is 0 Å². The van der Waals surface area contributed by atoms with Gasteiger partial charge in [0.05, 0.1) is 0 Å². The van der Waals surface area contributed by atoms with Crippen molar-refractivity contribution < 1.29 is 14.3 Å². The third-order valence-corrected chi connectivity index (χ3v) is 4.29. The van der Waals surface area contributed by atoms with E-state index in [-0.39, 0.29) is 18.4 Å². The fourth-order valence-electron chi connectivity index (χ4n) is 2.56. The Labute approximate surface area is 158 Å². The monoisotopic (exact) mass is 374 g/mol. The molecule has 0 aliphatic heterocycles. The lowest BCUT2D eigenvalue weighted by atomic mass is 10.1. The highest BCUT2D eigenvalue weighted by molar-refractivity contribution is 6.30. The number of amides is 2. The number of nitrogens with one attached hydrogen (secondary N) is 1. The predicted molar refractivity (Wildman–Crippen MR) is 102 cm³/mol. The van der Waals surface area contributed by atoms with Crippen LogP contribution in [0.4, 0.5) is 0 Å². The second-order valence-electron chi connectivity index (χ2n) is 5.86. The molecule has 0 saturated heterocycles. The summed E-state index contributed by atoms with van der Waals surface area (Å²) in [5.74, 6) is 0.0487. The summed E-state index contributed by atoms with van der Waals surface area (Å²) in [6.45, 7) is 1.98. The highest BCUT2D eigenvalue weighted by Gasteiger charge is 2.25. The second kappa shape index (κ2) is 9.82. The van der Waals surface area contributed by atoms with Crippen LogP contribution in [0, 0.1) is 0 Å². The maximum Gasteiger partial charge on any atom is 0.261 e. The van der Waals surface area contributed by atoms with Gasteiger partial charge in [0.15, 0.2) is 6.61 Å². The van der Waals surface area contributed by atoms with Crippen molar-refractivity contribution in [2.45, 2.75) is 19.4 Å². The van der Waals surface area contributed by atoms with Gasteiger partial charge in [-0.2, -0.15) is 0 Å².